The second-order valence-electron chi connectivity index (χ2n) is 10.1. The third-order valence-electron chi connectivity index (χ3n) is 6.90. The molecule has 3 aromatic carbocycles. The Morgan fingerprint density at radius 2 is 0.417 bits per heavy atom. The lowest BCUT2D eigenvalue weighted by molar-refractivity contribution is -0.401. The number of nitro groups is 9. The summed E-state index contributed by atoms with van der Waals surface area (Å²) in [6, 6.07) is 0. The molecule has 0 unspecified atom stereocenters. The highest BCUT2D eigenvalue weighted by Gasteiger charge is 2.45. The number of anilines is 6. The Hall–Kier alpha value is -7.59. The molecule has 1 heterocycles. The predicted octanol–water partition coefficient (Wildman–Crippen LogP) is 8.20. The molecule has 0 fully saturated rings. The molecular formula is C21H3Cl6N15O18. The summed E-state index contributed by atoms with van der Waals surface area (Å²) in [6.07, 6.45) is 0. The van der Waals surface area contributed by atoms with E-state index in [0.29, 0.717) is 0 Å². The van der Waals surface area contributed by atoms with Gasteiger partial charge in [-0.15, -0.1) is 0 Å². The van der Waals surface area contributed by atoms with E-state index in [0.717, 1.165) is 0 Å². The SMILES string of the molecule is O=[N+]([O-])c1c(Cl)c([N+](=O)[O-])c(Nc2nc(Nc3c([N+](=O)[O-])c(Cl)c([N+](=O)[O-])c(Cl)c3[N+](=O)[O-])nc(Nc3c([N+](=O)[O-])c(Cl)c([N+](=O)[O-])c(Cl)c3[N+](=O)[O-])n2)c([N+](=O)[O-])c1Cl. The van der Waals surface area contributed by atoms with Crippen LogP contribution in [-0.2, 0) is 0 Å². The number of nitro benzene ring substituents is 9. The molecule has 60 heavy (non-hydrogen) atoms. The van der Waals surface area contributed by atoms with Gasteiger partial charge < -0.3 is 16.0 Å². The topological polar surface area (TPSA) is 463 Å². The summed E-state index contributed by atoms with van der Waals surface area (Å²) in [5.41, 5.74) is -19.5. The fourth-order valence-electron chi connectivity index (χ4n) is 4.70. The summed E-state index contributed by atoms with van der Waals surface area (Å²) in [4.78, 5) is 105. The first kappa shape index (κ1) is 45.1. The quantitative estimate of drug-likeness (QED) is 0.0746. The lowest BCUT2D eigenvalue weighted by atomic mass is 10.2. The lowest BCUT2D eigenvalue weighted by Gasteiger charge is -2.14. The summed E-state index contributed by atoms with van der Waals surface area (Å²) in [7, 11) is 0. The van der Waals surface area contributed by atoms with E-state index in [1.807, 2.05) is 16.0 Å². The number of hydrogen-bond acceptors (Lipinski definition) is 24. The molecule has 0 bridgehead atoms. The van der Waals surface area contributed by atoms with Crippen molar-refractivity contribution in [1.82, 2.24) is 15.0 Å². The highest BCUT2D eigenvalue weighted by molar-refractivity contribution is 6.43. The van der Waals surface area contributed by atoms with Crippen molar-refractivity contribution >= 4 is 156 Å². The van der Waals surface area contributed by atoms with Crippen LogP contribution in [-0.4, -0.2) is 59.3 Å². The molecule has 0 saturated carbocycles. The molecule has 1 aromatic heterocycles. The minimum atomic E-state index is -1.70. The zero-order chi connectivity index (χ0) is 45.6. The minimum absolute atomic E-state index is 1.39. The number of benzene rings is 3. The molecule has 0 aliphatic carbocycles. The number of halogens is 6. The van der Waals surface area contributed by atoms with Gasteiger partial charge in [0, 0.05) is 0 Å². The first-order valence-electron chi connectivity index (χ1n) is 13.8. The van der Waals surface area contributed by atoms with Crippen LogP contribution in [0.1, 0.15) is 0 Å². The first-order chi connectivity index (χ1) is 27.8. The predicted molar refractivity (Wildman–Crippen MR) is 199 cm³/mol. The van der Waals surface area contributed by atoms with Gasteiger partial charge in [0.25, 0.3) is 0 Å². The number of hydrogen-bond donors (Lipinski definition) is 3. The Morgan fingerprint density at radius 3 is 0.533 bits per heavy atom. The Labute approximate surface area is 351 Å². The van der Waals surface area contributed by atoms with Gasteiger partial charge in [-0.3, -0.25) is 91.0 Å². The van der Waals surface area contributed by atoms with Crippen LogP contribution in [0.4, 0.5) is 86.1 Å². The lowest BCUT2D eigenvalue weighted by Crippen LogP contribution is -2.13. The molecule has 0 radical (unpaired) electrons. The van der Waals surface area contributed by atoms with Gasteiger partial charge in [0.2, 0.25) is 65.0 Å². The van der Waals surface area contributed by atoms with Gasteiger partial charge >= 0.3 is 51.2 Å². The highest BCUT2D eigenvalue weighted by atomic mass is 35.5. The van der Waals surface area contributed by atoms with E-state index in [4.69, 9.17) is 69.6 Å². The van der Waals surface area contributed by atoms with E-state index < -0.39 is 161 Å². The summed E-state index contributed by atoms with van der Waals surface area (Å²) in [5.74, 6) is -4.18. The van der Waals surface area contributed by atoms with Crippen LogP contribution in [0.25, 0.3) is 0 Å². The maximum Gasteiger partial charge on any atom is 0.325 e. The van der Waals surface area contributed by atoms with Crippen molar-refractivity contribution in [3.63, 3.8) is 0 Å². The molecule has 0 amide bonds. The monoisotopic (exact) mass is 963 g/mol. The maximum absolute atomic E-state index is 12.1. The van der Waals surface area contributed by atoms with Crippen LogP contribution in [0, 0.1) is 91.0 Å². The molecule has 3 N–H and O–H groups in total. The molecule has 39 heteroatoms. The molecule has 4 aromatic rings. The number of rotatable bonds is 15. The fourth-order valence-corrected chi connectivity index (χ4v) is 6.81. The number of aromatic nitrogens is 3. The van der Waals surface area contributed by atoms with Crippen LogP contribution < -0.4 is 16.0 Å². The molecular weight excluding hydrogens is 963 g/mol. The van der Waals surface area contributed by atoms with Gasteiger partial charge in [0.15, 0.2) is 0 Å². The molecule has 0 saturated heterocycles. The second-order valence-corrected chi connectivity index (χ2v) is 12.4. The smallest absolute Gasteiger partial charge is 0.312 e. The first-order valence-corrected chi connectivity index (χ1v) is 16.0. The van der Waals surface area contributed by atoms with Crippen molar-refractivity contribution < 1.29 is 44.3 Å². The normalized spacial score (nSPS) is 10.7. The van der Waals surface area contributed by atoms with E-state index in [1.54, 1.807) is 0 Å². The third kappa shape index (κ3) is 7.95. The van der Waals surface area contributed by atoms with Crippen LogP contribution in [0.15, 0.2) is 0 Å². The van der Waals surface area contributed by atoms with Crippen molar-refractivity contribution in [3.8, 4) is 0 Å². The molecule has 0 aliphatic rings. The van der Waals surface area contributed by atoms with E-state index in [9.17, 15) is 91.0 Å². The van der Waals surface area contributed by atoms with Crippen molar-refractivity contribution in [2.45, 2.75) is 0 Å². The van der Waals surface area contributed by atoms with Gasteiger partial charge in [-0.25, -0.2) is 0 Å². The van der Waals surface area contributed by atoms with Gasteiger partial charge in [0.1, 0.15) is 0 Å². The molecule has 0 spiro atoms. The van der Waals surface area contributed by atoms with Crippen LogP contribution in [0.2, 0.25) is 30.1 Å². The Balaban J connectivity index is 2.21. The summed E-state index contributed by atoms with van der Waals surface area (Å²) < 4.78 is 0. The largest absolute Gasteiger partial charge is 0.325 e. The van der Waals surface area contributed by atoms with Crippen molar-refractivity contribution in [2.24, 2.45) is 0 Å². The molecule has 0 aliphatic heterocycles. The summed E-state index contributed by atoms with van der Waals surface area (Å²) in [6.45, 7) is 0. The van der Waals surface area contributed by atoms with Crippen molar-refractivity contribution in [1.29, 1.82) is 0 Å². The Kier molecular flexibility index (Phi) is 12.6. The molecule has 4 rings (SSSR count). The van der Waals surface area contributed by atoms with E-state index in [1.165, 1.54) is 0 Å². The zero-order valence-corrected chi connectivity index (χ0v) is 31.5. The molecule has 312 valence electrons. The van der Waals surface area contributed by atoms with E-state index in [2.05, 4.69) is 15.0 Å². The average molecular weight is 966 g/mol. The second kappa shape index (κ2) is 16.7. The third-order valence-corrected chi connectivity index (χ3v) is 9.05. The van der Waals surface area contributed by atoms with Crippen LogP contribution in [0.5, 0.6) is 0 Å². The standard InChI is InChI=1S/C21H3Cl6N15O18/c22-1-10(34(43)44)2(23)14(38(51)52)7(13(1)37(49)50)28-19-31-20(29-8-15(39(53)54)3(24)11(35(45)46)4(25)16(8)40(55)56)33-21(32-19)30-9-17(41(57)58)5(26)12(36(47)48)6(27)18(9)42(59)60/h(H3,28,29,30,31,32,33). The zero-order valence-electron chi connectivity index (χ0n) is 27.0. The highest BCUT2D eigenvalue weighted by Crippen LogP contribution is 2.55. The Morgan fingerprint density at radius 1 is 0.283 bits per heavy atom. The maximum atomic E-state index is 12.1. The average Bonchev–Trinajstić information content (AvgIpc) is 3.06. The summed E-state index contributed by atoms with van der Waals surface area (Å²) in [5, 5.41) is 104. The van der Waals surface area contributed by atoms with Gasteiger partial charge in [-0.2, -0.15) is 15.0 Å². The van der Waals surface area contributed by atoms with Gasteiger partial charge in [0.05, 0.1) is 44.3 Å². The number of nitrogens with one attached hydrogen (secondary N) is 3. The van der Waals surface area contributed by atoms with Crippen LogP contribution >= 0.6 is 69.6 Å². The minimum Gasteiger partial charge on any atom is -0.312 e. The molecule has 0 atom stereocenters. The number of nitrogens with zero attached hydrogens (tertiary/aromatic N) is 12. The molecule has 33 nitrogen and oxygen atoms in total. The van der Waals surface area contributed by atoms with Crippen LogP contribution in [0.3, 0.4) is 0 Å². The summed E-state index contributed by atoms with van der Waals surface area (Å²) >= 11 is 35.0. The van der Waals surface area contributed by atoms with Crippen molar-refractivity contribution in [2.75, 3.05) is 16.0 Å². The van der Waals surface area contributed by atoms with Gasteiger partial charge in [-0.1, -0.05) is 69.6 Å². The Bertz CT molecular complexity index is 2320. The fraction of sp³-hybridized carbons (Fsp3) is 0. The van der Waals surface area contributed by atoms with Gasteiger partial charge in [-0.05, 0) is 0 Å². The van der Waals surface area contributed by atoms with E-state index in [-0.39, 0.29) is 0 Å². The van der Waals surface area contributed by atoms with E-state index >= 15 is 0 Å². The van der Waals surface area contributed by atoms with Crippen molar-refractivity contribution in [3.05, 3.63) is 121 Å².